The number of ether oxygens (including phenoxy) is 3. The molecule has 3 unspecified atom stereocenters. The monoisotopic (exact) mass is 700 g/mol. The quantitative estimate of drug-likeness (QED) is 0.0954. The first-order valence-electron chi connectivity index (χ1n) is 17.9. The summed E-state index contributed by atoms with van der Waals surface area (Å²) in [5.74, 6) is -0.427. The van der Waals surface area contributed by atoms with Crippen LogP contribution in [0.25, 0.3) is 0 Å². The van der Waals surface area contributed by atoms with Gasteiger partial charge in [0.15, 0.2) is 11.9 Å². The Balaban J connectivity index is 1.98. The summed E-state index contributed by atoms with van der Waals surface area (Å²) in [7, 11) is 0. The van der Waals surface area contributed by atoms with Gasteiger partial charge in [0.2, 0.25) is 0 Å². The molecule has 0 N–H and O–H groups in total. The molecule has 1 aliphatic heterocycles. The van der Waals surface area contributed by atoms with E-state index >= 15 is 0 Å². The maximum absolute atomic E-state index is 12.9. The van der Waals surface area contributed by atoms with E-state index in [2.05, 4.69) is 26.8 Å². The zero-order valence-electron chi connectivity index (χ0n) is 32.9. The molecule has 0 spiro atoms. The van der Waals surface area contributed by atoms with Crippen LogP contribution in [-0.2, 0) is 33.4 Å². The fourth-order valence-electron chi connectivity index (χ4n) is 6.60. The molecule has 0 aromatic carbocycles. The molecule has 1 heterocycles. The smallest absolute Gasteiger partial charge is 0.303 e. The van der Waals surface area contributed by atoms with Gasteiger partial charge in [-0.3, -0.25) is 19.2 Å². The fourth-order valence-corrected chi connectivity index (χ4v) is 6.60. The van der Waals surface area contributed by atoms with Gasteiger partial charge in [-0.15, -0.1) is 0 Å². The number of allylic oxidation sites excluding steroid dienone is 17. The highest BCUT2D eigenvalue weighted by molar-refractivity contribution is 5.95. The number of carbonyl (C=O) groups excluding carboxylic acids is 4. The van der Waals surface area contributed by atoms with Crippen molar-refractivity contribution in [2.24, 2.45) is 11.3 Å². The van der Waals surface area contributed by atoms with Gasteiger partial charge in [0.25, 0.3) is 0 Å². The molecule has 1 saturated heterocycles. The average Bonchev–Trinajstić information content (AvgIpc) is 3.27. The highest BCUT2D eigenvalue weighted by atomic mass is 16.6. The topological polar surface area (TPSA) is 96.0 Å². The third-order valence-electron chi connectivity index (χ3n) is 9.57. The molecule has 51 heavy (non-hydrogen) atoms. The zero-order chi connectivity index (χ0) is 38.5. The fraction of sp³-hybridized carbons (Fsp3) is 0.500. The van der Waals surface area contributed by atoms with E-state index in [1.165, 1.54) is 13.8 Å². The van der Waals surface area contributed by atoms with E-state index in [4.69, 9.17) is 14.2 Å². The van der Waals surface area contributed by atoms with Crippen LogP contribution >= 0.6 is 0 Å². The molecule has 1 aliphatic carbocycles. The Morgan fingerprint density at radius 3 is 1.84 bits per heavy atom. The minimum absolute atomic E-state index is 0.0551. The van der Waals surface area contributed by atoms with Crippen molar-refractivity contribution in [2.75, 3.05) is 0 Å². The summed E-state index contributed by atoms with van der Waals surface area (Å²) in [6, 6.07) is 0. The molecule has 1 fully saturated rings. The molecule has 0 aromatic heterocycles. The number of hydrogen-bond donors (Lipinski definition) is 0. The van der Waals surface area contributed by atoms with Gasteiger partial charge in [0.05, 0.1) is 11.7 Å². The molecular weight excluding hydrogens is 640 g/mol. The van der Waals surface area contributed by atoms with Crippen LogP contribution in [0.5, 0.6) is 0 Å². The maximum Gasteiger partial charge on any atom is 0.303 e. The van der Waals surface area contributed by atoms with Gasteiger partial charge in [0.1, 0.15) is 11.9 Å². The van der Waals surface area contributed by atoms with Gasteiger partial charge in [0, 0.05) is 26.7 Å². The lowest BCUT2D eigenvalue weighted by Crippen LogP contribution is -2.43. The van der Waals surface area contributed by atoms with Crippen LogP contribution in [0, 0.1) is 11.3 Å². The van der Waals surface area contributed by atoms with E-state index in [9.17, 15) is 19.2 Å². The molecule has 0 saturated carbocycles. The molecule has 0 amide bonds. The second-order valence-electron chi connectivity index (χ2n) is 15.1. The van der Waals surface area contributed by atoms with E-state index in [0.29, 0.717) is 24.8 Å². The van der Waals surface area contributed by atoms with Gasteiger partial charge in [-0.2, -0.15) is 0 Å². The molecule has 278 valence electrons. The van der Waals surface area contributed by atoms with Crippen molar-refractivity contribution >= 4 is 23.5 Å². The van der Waals surface area contributed by atoms with Crippen molar-refractivity contribution in [1.29, 1.82) is 0 Å². The lowest BCUT2D eigenvalue weighted by molar-refractivity contribution is -0.165. The highest BCUT2D eigenvalue weighted by Gasteiger charge is 2.44. The first kappa shape index (κ1) is 43.1. The Morgan fingerprint density at radius 1 is 0.765 bits per heavy atom. The number of rotatable bonds is 15. The van der Waals surface area contributed by atoms with Gasteiger partial charge in [-0.05, 0) is 89.4 Å². The van der Waals surface area contributed by atoms with E-state index in [0.717, 1.165) is 34.3 Å². The first-order valence-corrected chi connectivity index (χ1v) is 17.9. The largest absolute Gasteiger partial charge is 0.458 e. The second-order valence-corrected chi connectivity index (χ2v) is 15.1. The minimum Gasteiger partial charge on any atom is -0.458 e. The van der Waals surface area contributed by atoms with E-state index < -0.39 is 29.7 Å². The van der Waals surface area contributed by atoms with Crippen LogP contribution in [0.15, 0.2) is 106 Å². The van der Waals surface area contributed by atoms with Crippen LogP contribution in [0.4, 0.5) is 0 Å². The van der Waals surface area contributed by atoms with Crippen molar-refractivity contribution in [2.45, 2.75) is 133 Å². The van der Waals surface area contributed by atoms with Gasteiger partial charge < -0.3 is 14.2 Å². The SMILES string of the molecule is CC(=O)CC1CC(C)C(C)(CC(=O)/C(C)=C/C=C/C(C)=C/C=C/C=C(C)/C=C/C=C(C)/C=C/C2=C(C)[C@@H](OC(C)=O)[C@@H](OC(C)=O)CC2(C)C)O1. The average molecular weight is 701 g/mol. The van der Waals surface area contributed by atoms with Gasteiger partial charge >= 0.3 is 11.9 Å². The lowest BCUT2D eigenvalue weighted by atomic mass is 9.70. The van der Waals surface area contributed by atoms with Crippen molar-refractivity contribution < 1.29 is 33.4 Å². The molecule has 7 heteroatoms. The molecule has 2 aliphatic rings. The molecule has 5 atom stereocenters. The van der Waals surface area contributed by atoms with E-state index in [-0.39, 0.29) is 29.0 Å². The highest BCUT2D eigenvalue weighted by Crippen LogP contribution is 2.43. The Labute approximate surface area is 306 Å². The van der Waals surface area contributed by atoms with E-state index in [1.54, 1.807) is 6.92 Å². The summed E-state index contributed by atoms with van der Waals surface area (Å²) in [6.07, 6.45) is 24.7. The van der Waals surface area contributed by atoms with E-state index in [1.807, 2.05) is 108 Å². The number of esters is 2. The summed E-state index contributed by atoms with van der Waals surface area (Å²) in [4.78, 5) is 48.0. The summed E-state index contributed by atoms with van der Waals surface area (Å²) in [6.45, 7) is 22.4. The molecule has 2 rings (SSSR count). The summed E-state index contributed by atoms with van der Waals surface area (Å²) in [5, 5.41) is 0. The Bertz CT molecular complexity index is 1590. The van der Waals surface area contributed by atoms with Crippen LogP contribution in [0.3, 0.4) is 0 Å². The summed E-state index contributed by atoms with van der Waals surface area (Å²) < 4.78 is 17.3. The second kappa shape index (κ2) is 19.5. The van der Waals surface area contributed by atoms with Crippen molar-refractivity contribution in [3.8, 4) is 0 Å². The maximum atomic E-state index is 12.9. The third kappa shape index (κ3) is 14.2. The zero-order valence-corrected chi connectivity index (χ0v) is 32.9. The van der Waals surface area contributed by atoms with Crippen molar-refractivity contribution in [3.05, 3.63) is 106 Å². The van der Waals surface area contributed by atoms with Crippen LogP contribution < -0.4 is 0 Å². The summed E-state index contributed by atoms with van der Waals surface area (Å²) in [5.41, 5.74) is 5.00. The number of carbonyl (C=O) groups is 4. The molecule has 0 radical (unpaired) electrons. The Kier molecular flexibility index (Phi) is 16.5. The van der Waals surface area contributed by atoms with Gasteiger partial charge in [-0.1, -0.05) is 110 Å². The van der Waals surface area contributed by atoms with Crippen molar-refractivity contribution in [1.82, 2.24) is 0 Å². The standard InChI is InChI=1S/C44H60O7/c1-29(19-15-20-31(3)23-24-39-35(7)42(50-37(9)47)41(49-36(8)46)28-43(39,10)11)17-13-14-18-30(2)21-16-22-32(4)40(48)27-44(12)33(5)25-38(51-44)26-34(6)45/h13-24,33,38,41-42H,25-28H2,1-12H3/b14-13+,19-15+,21-16+,24-23+,29-17+,30-18+,31-20+,32-22+/t33?,38?,41-,42+,44?/m0/s1. The molecule has 0 bridgehead atoms. The van der Waals surface area contributed by atoms with Crippen LogP contribution in [0.1, 0.15) is 109 Å². The number of ketones is 2. The first-order chi connectivity index (χ1) is 23.7. The Hall–Kier alpha value is -4.10. The predicted molar refractivity (Wildman–Crippen MR) is 206 cm³/mol. The number of Topliss-reactive ketones (excluding diaryl/α,β-unsaturated/α-hetero) is 2. The molecule has 7 nitrogen and oxygen atoms in total. The van der Waals surface area contributed by atoms with Crippen molar-refractivity contribution in [3.63, 3.8) is 0 Å². The Morgan fingerprint density at radius 2 is 1.29 bits per heavy atom. The van der Waals surface area contributed by atoms with Crippen LogP contribution in [0.2, 0.25) is 0 Å². The minimum atomic E-state index is -0.611. The van der Waals surface area contributed by atoms with Crippen LogP contribution in [-0.4, -0.2) is 47.4 Å². The predicted octanol–water partition coefficient (Wildman–Crippen LogP) is 9.73. The normalized spacial score (nSPS) is 26.6. The lowest BCUT2D eigenvalue weighted by Gasteiger charge is -2.41. The summed E-state index contributed by atoms with van der Waals surface area (Å²) >= 11 is 0. The van der Waals surface area contributed by atoms with Gasteiger partial charge in [-0.25, -0.2) is 0 Å². The third-order valence-corrected chi connectivity index (χ3v) is 9.57. The molecular formula is C44H60O7. The number of hydrogen-bond acceptors (Lipinski definition) is 7. The molecule has 0 aromatic rings.